The minimum Gasteiger partial charge on any atom is -0.288 e. The second-order valence-electron chi connectivity index (χ2n) is 3.01. The van der Waals surface area contributed by atoms with E-state index >= 15 is 0 Å². The van der Waals surface area contributed by atoms with Crippen LogP contribution in [0.3, 0.4) is 0 Å². The van der Waals surface area contributed by atoms with Gasteiger partial charge in [0.2, 0.25) is 0 Å². The Hall–Kier alpha value is -1.85. The largest absolute Gasteiger partial charge is 0.288 e. The topological polar surface area (TPSA) is 40.9 Å². The van der Waals surface area contributed by atoms with Gasteiger partial charge in [0.25, 0.3) is 0 Å². The van der Waals surface area contributed by atoms with Crippen molar-refractivity contribution in [1.82, 2.24) is 0 Å². The molecule has 0 heterocycles. The van der Waals surface area contributed by atoms with Gasteiger partial charge < -0.3 is 0 Å². The Kier molecular flexibility index (Phi) is 4.68. The quantitative estimate of drug-likeness (QED) is 0.720. The number of thioether (sulfide) groups is 1. The number of carbonyl (C=O) groups excluding carboxylic acids is 1. The molecule has 0 aromatic heterocycles. The van der Waals surface area contributed by atoms with Crippen LogP contribution in [-0.2, 0) is 4.79 Å². The van der Waals surface area contributed by atoms with Gasteiger partial charge in [0.05, 0.1) is 16.9 Å². The normalized spacial score (nSPS) is 9.06. The summed E-state index contributed by atoms with van der Waals surface area (Å²) in [7, 11) is 0. The number of carbonyl (C=O) groups is 1. The van der Waals surface area contributed by atoms with E-state index in [0.29, 0.717) is 0 Å². The molecule has 0 amide bonds. The maximum absolute atomic E-state index is 13.3. The molecule has 0 N–H and O–H groups in total. The lowest BCUT2D eigenvalue weighted by Gasteiger charge is -1.96. The Morgan fingerprint density at radius 3 is 2.53 bits per heavy atom. The predicted octanol–water partition coefficient (Wildman–Crippen LogP) is 2.47. The van der Waals surface area contributed by atoms with Crippen LogP contribution in [0, 0.1) is 34.8 Å². The van der Waals surface area contributed by atoms with E-state index in [4.69, 9.17) is 5.26 Å². The molecule has 17 heavy (non-hydrogen) atoms. The zero-order valence-corrected chi connectivity index (χ0v) is 9.70. The maximum atomic E-state index is 13.3. The molecule has 0 unspecified atom stereocenters. The third kappa shape index (κ3) is 3.90. The first-order chi connectivity index (χ1) is 8.04. The Bertz CT molecular complexity index is 552. The van der Waals surface area contributed by atoms with Crippen molar-refractivity contribution in [2.24, 2.45) is 0 Å². The second-order valence-corrected chi connectivity index (χ2v) is 4.16. The van der Waals surface area contributed by atoms with Crippen molar-refractivity contribution in [3.63, 3.8) is 0 Å². The lowest BCUT2D eigenvalue weighted by molar-refractivity contribution is -0.109. The first-order valence-corrected chi connectivity index (χ1v) is 5.54. The highest BCUT2D eigenvalue weighted by atomic mass is 32.2. The summed E-state index contributed by atoms with van der Waals surface area (Å²) in [5.41, 5.74) is -0.475. The van der Waals surface area contributed by atoms with Crippen molar-refractivity contribution in [1.29, 1.82) is 5.26 Å². The molecule has 86 valence electrons. The predicted molar refractivity (Wildman–Crippen MR) is 61.1 cm³/mol. The Labute approximate surface area is 102 Å². The molecule has 0 atom stereocenters. The van der Waals surface area contributed by atoms with Crippen molar-refractivity contribution in [2.45, 2.75) is 6.92 Å². The SMILES string of the molecule is CC(=O)SCC#Cc1cc(F)c(C#N)cc1F. The zero-order chi connectivity index (χ0) is 12.8. The van der Waals surface area contributed by atoms with Gasteiger partial charge in [-0.25, -0.2) is 8.78 Å². The molecule has 0 spiro atoms. The van der Waals surface area contributed by atoms with E-state index in [1.54, 1.807) is 0 Å². The van der Waals surface area contributed by atoms with Crippen LogP contribution < -0.4 is 0 Å². The Balaban J connectivity index is 2.89. The zero-order valence-electron chi connectivity index (χ0n) is 8.88. The summed E-state index contributed by atoms with van der Waals surface area (Å²) in [5, 5.41) is 8.38. The van der Waals surface area contributed by atoms with Gasteiger partial charge in [0.1, 0.15) is 17.7 Å². The average Bonchev–Trinajstić information content (AvgIpc) is 2.28. The van der Waals surface area contributed by atoms with Gasteiger partial charge in [0.15, 0.2) is 5.12 Å². The molecule has 0 aliphatic rings. The van der Waals surface area contributed by atoms with E-state index in [2.05, 4.69) is 11.8 Å². The van der Waals surface area contributed by atoms with Crippen LogP contribution in [0.4, 0.5) is 8.78 Å². The lowest BCUT2D eigenvalue weighted by atomic mass is 10.1. The van der Waals surface area contributed by atoms with E-state index in [-0.39, 0.29) is 22.0 Å². The lowest BCUT2D eigenvalue weighted by Crippen LogP contribution is -1.91. The van der Waals surface area contributed by atoms with E-state index in [1.807, 2.05) is 0 Å². The van der Waals surface area contributed by atoms with E-state index in [9.17, 15) is 13.6 Å². The van der Waals surface area contributed by atoms with Crippen LogP contribution >= 0.6 is 11.8 Å². The average molecular weight is 251 g/mol. The molecule has 0 aliphatic carbocycles. The van der Waals surface area contributed by atoms with Crippen molar-refractivity contribution in [3.8, 4) is 17.9 Å². The van der Waals surface area contributed by atoms with Crippen LogP contribution in [0.15, 0.2) is 12.1 Å². The summed E-state index contributed by atoms with van der Waals surface area (Å²) in [5.74, 6) is 3.62. The third-order valence-corrected chi connectivity index (χ3v) is 2.44. The van der Waals surface area contributed by atoms with Crippen molar-refractivity contribution in [3.05, 3.63) is 34.9 Å². The maximum Gasteiger partial charge on any atom is 0.186 e. The first kappa shape index (κ1) is 13.2. The van der Waals surface area contributed by atoms with Crippen LogP contribution in [0.25, 0.3) is 0 Å². The van der Waals surface area contributed by atoms with Crippen LogP contribution in [0.5, 0.6) is 0 Å². The highest BCUT2D eigenvalue weighted by Crippen LogP contribution is 2.13. The van der Waals surface area contributed by atoms with Crippen molar-refractivity contribution >= 4 is 16.9 Å². The number of benzene rings is 1. The van der Waals surface area contributed by atoms with Gasteiger partial charge >= 0.3 is 0 Å². The summed E-state index contributed by atoms with van der Waals surface area (Å²) in [6.07, 6.45) is 0. The molecular formula is C12H7F2NOS. The number of hydrogen-bond donors (Lipinski definition) is 0. The van der Waals surface area contributed by atoms with E-state index < -0.39 is 11.6 Å². The van der Waals surface area contributed by atoms with Gasteiger partial charge in [-0.15, -0.1) is 0 Å². The number of hydrogen-bond acceptors (Lipinski definition) is 3. The second kappa shape index (κ2) is 6.03. The summed E-state index contributed by atoms with van der Waals surface area (Å²) in [6, 6.07) is 3.21. The van der Waals surface area contributed by atoms with Gasteiger partial charge in [-0.1, -0.05) is 23.6 Å². The monoisotopic (exact) mass is 251 g/mol. The smallest absolute Gasteiger partial charge is 0.186 e. The molecule has 2 nitrogen and oxygen atoms in total. The van der Waals surface area contributed by atoms with Gasteiger partial charge in [-0.3, -0.25) is 4.79 Å². The highest BCUT2D eigenvalue weighted by Gasteiger charge is 2.07. The molecule has 0 saturated carbocycles. The molecule has 0 bridgehead atoms. The van der Waals surface area contributed by atoms with Crippen molar-refractivity contribution in [2.75, 3.05) is 5.75 Å². The summed E-state index contributed by atoms with van der Waals surface area (Å²) in [4.78, 5) is 10.6. The molecule has 0 aliphatic heterocycles. The summed E-state index contributed by atoms with van der Waals surface area (Å²) < 4.78 is 26.5. The number of nitrogens with zero attached hydrogens (tertiary/aromatic N) is 1. The van der Waals surface area contributed by atoms with Crippen LogP contribution in [-0.4, -0.2) is 10.9 Å². The molecular weight excluding hydrogens is 244 g/mol. The molecule has 1 rings (SSSR count). The fraction of sp³-hybridized carbons (Fsp3) is 0.167. The summed E-state index contributed by atoms with van der Waals surface area (Å²) in [6.45, 7) is 1.40. The van der Waals surface area contributed by atoms with E-state index in [1.165, 1.54) is 13.0 Å². The number of nitriles is 1. The molecule has 0 fully saturated rings. The molecule has 1 aromatic carbocycles. The third-order valence-electron chi connectivity index (χ3n) is 1.75. The minimum atomic E-state index is -0.808. The van der Waals surface area contributed by atoms with E-state index in [0.717, 1.165) is 23.9 Å². The molecule has 0 saturated heterocycles. The minimum absolute atomic E-state index is 0.0919. The van der Waals surface area contributed by atoms with Crippen LogP contribution in [0.2, 0.25) is 0 Å². The number of halogens is 2. The molecule has 0 radical (unpaired) electrons. The first-order valence-electron chi connectivity index (χ1n) is 4.56. The fourth-order valence-electron chi connectivity index (χ4n) is 0.997. The van der Waals surface area contributed by atoms with Gasteiger partial charge in [0, 0.05) is 6.92 Å². The standard InChI is InChI=1S/C12H7F2NOS/c1-8(16)17-4-2-3-9-5-12(14)10(7-15)6-11(9)13/h5-6H,4H2,1H3. The van der Waals surface area contributed by atoms with Gasteiger partial charge in [-0.2, -0.15) is 5.26 Å². The Morgan fingerprint density at radius 1 is 1.35 bits per heavy atom. The molecule has 5 heteroatoms. The molecule has 1 aromatic rings. The summed E-state index contributed by atoms with van der Waals surface area (Å²) >= 11 is 0.987. The number of rotatable bonds is 1. The highest BCUT2D eigenvalue weighted by molar-refractivity contribution is 8.13. The van der Waals surface area contributed by atoms with Gasteiger partial charge in [-0.05, 0) is 12.1 Å². The Morgan fingerprint density at radius 2 is 1.94 bits per heavy atom. The van der Waals surface area contributed by atoms with Crippen LogP contribution in [0.1, 0.15) is 18.1 Å². The fourth-order valence-corrected chi connectivity index (χ4v) is 1.34. The van der Waals surface area contributed by atoms with Crippen molar-refractivity contribution < 1.29 is 13.6 Å².